The maximum Gasteiger partial charge on any atom is 0.373 e. The molecule has 146 valence electrons. The lowest BCUT2D eigenvalue weighted by atomic mass is 10.2. The number of methoxy groups -OCH3 is 2. The zero-order valence-corrected chi connectivity index (χ0v) is 16.0. The molecule has 1 heterocycles. The molecule has 0 fully saturated rings. The zero-order chi connectivity index (χ0) is 20.2. The topological polar surface area (TPSA) is 112 Å². The van der Waals surface area contributed by atoms with Crippen LogP contribution in [0.3, 0.4) is 0 Å². The van der Waals surface area contributed by atoms with Crippen LogP contribution in [0.2, 0.25) is 0 Å². The molecule has 0 spiro atoms. The molecule has 0 saturated heterocycles. The molecule has 10 heteroatoms. The molecule has 27 heavy (non-hydrogen) atoms. The van der Waals surface area contributed by atoms with Crippen molar-refractivity contribution in [3.8, 4) is 5.75 Å². The smallest absolute Gasteiger partial charge is 0.373 e. The van der Waals surface area contributed by atoms with Gasteiger partial charge in [-0.1, -0.05) is 0 Å². The Hall–Kier alpha value is -2.85. The van der Waals surface area contributed by atoms with Gasteiger partial charge >= 0.3 is 11.9 Å². The molecule has 0 aliphatic rings. The summed E-state index contributed by atoms with van der Waals surface area (Å²) < 4.78 is 45.7. The second-order valence-corrected chi connectivity index (χ2v) is 7.61. The molecule has 9 nitrogen and oxygen atoms in total. The number of nitrogens with zero attached hydrogens (tertiary/aromatic N) is 1. The fraction of sp³-hybridized carbons (Fsp3) is 0.294. The highest BCUT2D eigenvalue weighted by Gasteiger charge is 2.24. The number of esters is 2. The fourth-order valence-electron chi connectivity index (χ4n) is 2.09. The van der Waals surface area contributed by atoms with Crippen molar-refractivity contribution in [2.75, 3.05) is 28.3 Å². The van der Waals surface area contributed by atoms with Gasteiger partial charge in [0, 0.05) is 14.1 Å². The van der Waals surface area contributed by atoms with E-state index in [4.69, 9.17) is 13.9 Å². The number of furan rings is 1. The standard InChI is InChI=1S/C17H19NO8S/c1-18(2)27(21,22)15-9-11(5-7-13(15)23-3)16(19)25-10-12-6-8-14(26-12)17(20)24-4/h5-9H,10H2,1-4H3. The number of carbonyl (C=O) groups is 2. The Morgan fingerprint density at radius 3 is 2.37 bits per heavy atom. The van der Waals surface area contributed by atoms with E-state index in [1.165, 1.54) is 58.6 Å². The minimum atomic E-state index is -3.82. The van der Waals surface area contributed by atoms with Crippen molar-refractivity contribution in [2.24, 2.45) is 0 Å². The highest BCUT2D eigenvalue weighted by molar-refractivity contribution is 7.89. The molecular formula is C17H19NO8S. The molecular weight excluding hydrogens is 378 g/mol. The maximum atomic E-state index is 12.4. The number of benzene rings is 1. The Kier molecular flexibility index (Phi) is 6.24. The van der Waals surface area contributed by atoms with Crippen LogP contribution in [0.1, 0.15) is 26.7 Å². The SMILES string of the molecule is COC(=O)c1ccc(COC(=O)c2ccc(OC)c(S(=O)(=O)N(C)C)c2)o1. The highest BCUT2D eigenvalue weighted by Crippen LogP contribution is 2.27. The van der Waals surface area contributed by atoms with E-state index in [1.54, 1.807) is 0 Å². The van der Waals surface area contributed by atoms with Crippen molar-refractivity contribution in [3.05, 3.63) is 47.4 Å². The van der Waals surface area contributed by atoms with Crippen LogP contribution in [0.25, 0.3) is 0 Å². The van der Waals surface area contributed by atoms with E-state index >= 15 is 0 Å². The summed E-state index contributed by atoms with van der Waals surface area (Å²) in [5.41, 5.74) is 0.0240. The van der Waals surface area contributed by atoms with Crippen LogP contribution in [-0.4, -0.2) is 53.0 Å². The number of hydrogen-bond donors (Lipinski definition) is 0. The molecule has 0 amide bonds. The van der Waals surface area contributed by atoms with Gasteiger partial charge in [-0.15, -0.1) is 0 Å². The minimum Gasteiger partial charge on any atom is -0.495 e. The third kappa shape index (κ3) is 4.47. The summed E-state index contributed by atoms with van der Waals surface area (Å²) in [6.07, 6.45) is 0. The number of carbonyl (C=O) groups excluding carboxylic acids is 2. The molecule has 1 aromatic carbocycles. The quantitative estimate of drug-likeness (QED) is 0.649. The molecule has 2 rings (SSSR count). The molecule has 0 atom stereocenters. The van der Waals surface area contributed by atoms with E-state index < -0.39 is 22.0 Å². The van der Waals surface area contributed by atoms with Crippen LogP contribution < -0.4 is 4.74 Å². The summed E-state index contributed by atoms with van der Waals surface area (Å²) in [5.74, 6) is -1.09. The molecule has 0 unspecified atom stereocenters. The van der Waals surface area contributed by atoms with Gasteiger partial charge in [-0.3, -0.25) is 0 Å². The van der Waals surface area contributed by atoms with Crippen molar-refractivity contribution in [2.45, 2.75) is 11.5 Å². The van der Waals surface area contributed by atoms with Gasteiger partial charge in [-0.25, -0.2) is 22.3 Å². The highest BCUT2D eigenvalue weighted by atomic mass is 32.2. The molecule has 0 bridgehead atoms. The van der Waals surface area contributed by atoms with Crippen LogP contribution in [-0.2, 0) is 26.1 Å². The summed E-state index contributed by atoms with van der Waals surface area (Å²) >= 11 is 0. The first-order valence-electron chi connectivity index (χ1n) is 7.65. The Morgan fingerprint density at radius 2 is 1.78 bits per heavy atom. The van der Waals surface area contributed by atoms with Crippen molar-refractivity contribution in [3.63, 3.8) is 0 Å². The minimum absolute atomic E-state index is 0.0210. The molecule has 1 aromatic heterocycles. The van der Waals surface area contributed by atoms with Gasteiger partial charge in [-0.05, 0) is 30.3 Å². The Bertz CT molecular complexity index is 946. The second kappa shape index (κ2) is 8.23. The van der Waals surface area contributed by atoms with Gasteiger partial charge in [0.1, 0.15) is 23.0 Å². The normalized spacial score (nSPS) is 11.3. The zero-order valence-electron chi connectivity index (χ0n) is 15.2. The lowest BCUT2D eigenvalue weighted by Gasteiger charge is -2.15. The first-order chi connectivity index (χ1) is 12.7. The number of hydrogen-bond acceptors (Lipinski definition) is 8. The van der Waals surface area contributed by atoms with Crippen molar-refractivity contribution >= 4 is 22.0 Å². The van der Waals surface area contributed by atoms with Gasteiger partial charge in [0.2, 0.25) is 15.8 Å². The summed E-state index contributed by atoms with van der Waals surface area (Å²) in [6.45, 7) is -0.238. The number of rotatable bonds is 7. The molecule has 0 N–H and O–H groups in total. The van der Waals surface area contributed by atoms with Crippen LogP contribution in [0.5, 0.6) is 5.75 Å². The summed E-state index contributed by atoms with van der Waals surface area (Å²) in [4.78, 5) is 23.4. The number of ether oxygens (including phenoxy) is 3. The average molecular weight is 397 g/mol. The van der Waals surface area contributed by atoms with E-state index in [2.05, 4.69) is 4.74 Å². The lowest BCUT2D eigenvalue weighted by Crippen LogP contribution is -2.23. The molecule has 0 aliphatic carbocycles. The molecule has 0 saturated carbocycles. The summed E-state index contributed by atoms with van der Waals surface area (Å²) in [6, 6.07) is 6.80. The van der Waals surface area contributed by atoms with Crippen molar-refractivity contribution in [1.29, 1.82) is 0 Å². The van der Waals surface area contributed by atoms with Gasteiger partial charge in [-0.2, -0.15) is 0 Å². The first-order valence-corrected chi connectivity index (χ1v) is 9.09. The summed E-state index contributed by atoms with van der Waals surface area (Å²) in [7, 11) is 1.47. The maximum absolute atomic E-state index is 12.4. The third-order valence-electron chi connectivity index (χ3n) is 3.55. The van der Waals surface area contributed by atoms with E-state index in [9.17, 15) is 18.0 Å². The Morgan fingerprint density at radius 1 is 1.07 bits per heavy atom. The Labute approximate surface area is 156 Å². The van der Waals surface area contributed by atoms with Crippen LogP contribution in [0.15, 0.2) is 39.6 Å². The van der Waals surface area contributed by atoms with Gasteiger partial charge in [0.15, 0.2) is 0 Å². The predicted molar refractivity (Wildman–Crippen MR) is 93.0 cm³/mol. The number of sulfonamides is 1. The second-order valence-electron chi connectivity index (χ2n) is 5.49. The van der Waals surface area contributed by atoms with E-state index in [1.807, 2.05) is 0 Å². The van der Waals surface area contributed by atoms with E-state index in [0.717, 1.165) is 4.31 Å². The summed E-state index contributed by atoms with van der Waals surface area (Å²) in [5, 5.41) is 0. The molecule has 0 radical (unpaired) electrons. The largest absolute Gasteiger partial charge is 0.495 e. The Balaban J connectivity index is 2.19. The lowest BCUT2D eigenvalue weighted by molar-refractivity contribution is 0.0438. The van der Waals surface area contributed by atoms with Crippen LogP contribution >= 0.6 is 0 Å². The van der Waals surface area contributed by atoms with Crippen LogP contribution in [0.4, 0.5) is 0 Å². The fourth-order valence-corrected chi connectivity index (χ4v) is 3.16. The van der Waals surface area contributed by atoms with Crippen molar-refractivity contribution < 1.29 is 36.6 Å². The van der Waals surface area contributed by atoms with Gasteiger partial charge in [0.05, 0.1) is 19.8 Å². The van der Waals surface area contributed by atoms with E-state index in [-0.39, 0.29) is 34.3 Å². The van der Waals surface area contributed by atoms with E-state index in [0.29, 0.717) is 0 Å². The average Bonchev–Trinajstić information content (AvgIpc) is 3.13. The predicted octanol–water partition coefficient (Wildman–Crippen LogP) is 1.68. The third-order valence-corrected chi connectivity index (χ3v) is 5.39. The van der Waals surface area contributed by atoms with Gasteiger partial charge < -0.3 is 18.6 Å². The monoisotopic (exact) mass is 397 g/mol. The molecule has 0 aliphatic heterocycles. The van der Waals surface area contributed by atoms with Crippen molar-refractivity contribution in [1.82, 2.24) is 4.31 Å². The molecule has 2 aromatic rings. The first kappa shape index (κ1) is 20.5. The van der Waals surface area contributed by atoms with Gasteiger partial charge in [0.25, 0.3) is 0 Å². The van der Waals surface area contributed by atoms with Crippen LogP contribution in [0, 0.1) is 0 Å².